The van der Waals surface area contributed by atoms with Gasteiger partial charge in [-0.1, -0.05) is 34.1 Å². The molecular formula is C19H21BrN2O4S. The largest absolute Gasteiger partial charge is 0.379 e. The Morgan fingerprint density at radius 3 is 2.63 bits per heavy atom. The molecule has 6 nitrogen and oxygen atoms in total. The van der Waals surface area contributed by atoms with Crippen LogP contribution in [0.25, 0.3) is 0 Å². The van der Waals surface area contributed by atoms with Crippen LogP contribution in [0.1, 0.15) is 21.5 Å². The summed E-state index contributed by atoms with van der Waals surface area (Å²) in [5.41, 5.74) is 1.89. The molecule has 0 aliphatic carbocycles. The SMILES string of the molecule is Cc1ccc(C(=O)NCc2cccc(Br)c2)cc1S(=O)(=O)N1CCOCC1. The Kier molecular flexibility index (Phi) is 6.31. The summed E-state index contributed by atoms with van der Waals surface area (Å²) in [6, 6.07) is 12.4. The average molecular weight is 453 g/mol. The Hall–Kier alpha value is -1.74. The number of benzene rings is 2. The number of morpholine rings is 1. The van der Waals surface area contributed by atoms with E-state index >= 15 is 0 Å². The second kappa shape index (κ2) is 8.52. The van der Waals surface area contributed by atoms with Gasteiger partial charge in [0.15, 0.2) is 0 Å². The first-order valence-electron chi connectivity index (χ1n) is 8.59. The highest BCUT2D eigenvalue weighted by molar-refractivity contribution is 9.10. The molecule has 0 atom stereocenters. The minimum absolute atomic E-state index is 0.166. The van der Waals surface area contributed by atoms with Crippen LogP contribution in [-0.2, 0) is 21.3 Å². The lowest BCUT2D eigenvalue weighted by Crippen LogP contribution is -2.41. The number of nitrogens with zero attached hydrogens (tertiary/aromatic N) is 1. The lowest BCUT2D eigenvalue weighted by Gasteiger charge is -2.26. The molecule has 0 saturated carbocycles. The van der Waals surface area contributed by atoms with Gasteiger partial charge in [-0.2, -0.15) is 4.31 Å². The molecule has 1 amide bonds. The van der Waals surface area contributed by atoms with Crippen molar-refractivity contribution in [2.75, 3.05) is 26.3 Å². The van der Waals surface area contributed by atoms with Crippen LogP contribution < -0.4 is 5.32 Å². The number of aryl methyl sites for hydroxylation is 1. The van der Waals surface area contributed by atoms with Crippen LogP contribution in [0.15, 0.2) is 51.8 Å². The van der Waals surface area contributed by atoms with Gasteiger partial charge in [-0.25, -0.2) is 8.42 Å². The van der Waals surface area contributed by atoms with Crippen molar-refractivity contribution in [3.63, 3.8) is 0 Å². The fourth-order valence-corrected chi connectivity index (χ4v) is 4.98. The lowest BCUT2D eigenvalue weighted by atomic mass is 10.1. The first kappa shape index (κ1) is 20.0. The maximum Gasteiger partial charge on any atom is 0.251 e. The Morgan fingerprint density at radius 2 is 1.93 bits per heavy atom. The van der Waals surface area contributed by atoms with E-state index in [-0.39, 0.29) is 10.8 Å². The smallest absolute Gasteiger partial charge is 0.251 e. The summed E-state index contributed by atoms with van der Waals surface area (Å²) in [5, 5.41) is 2.83. The number of sulfonamides is 1. The molecule has 1 N–H and O–H groups in total. The Bertz CT molecular complexity index is 940. The molecule has 0 spiro atoms. The van der Waals surface area contributed by atoms with Crippen molar-refractivity contribution in [2.24, 2.45) is 0 Å². The zero-order chi connectivity index (χ0) is 19.4. The Balaban J connectivity index is 1.79. The number of nitrogens with one attached hydrogen (secondary N) is 1. The molecule has 2 aromatic rings. The van der Waals surface area contributed by atoms with Crippen molar-refractivity contribution in [1.82, 2.24) is 9.62 Å². The van der Waals surface area contributed by atoms with E-state index in [2.05, 4.69) is 21.2 Å². The van der Waals surface area contributed by atoms with Crippen molar-refractivity contribution < 1.29 is 17.9 Å². The second-order valence-corrected chi connectivity index (χ2v) is 9.13. The standard InChI is InChI=1S/C19H21BrN2O4S/c1-14-5-6-16(19(23)21-13-15-3-2-4-17(20)11-15)12-18(14)27(24,25)22-7-9-26-10-8-22/h2-6,11-12H,7-10,13H2,1H3,(H,21,23). The summed E-state index contributed by atoms with van der Waals surface area (Å²) in [6.07, 6.45) is 0. The molecule has 0 unspecified atom stereocenters. The molecule has 1 fully saturated rings. The summed E-state index contributed by atoms with van der Waals surface area (Å²) in [7, 11) is -3.65. The van der Waals surface area contributed by atoms with E-state index in [4.69, 9.17) is 4.74 Å². The van der Waals surface area contributed by atoms with Crippen LogP contribution in [0.4, 0.5) is 0 Å². The number of hydrogen-bond donors (Lipinski definition) is 1. The number of ether oxygens (including phenoxy) is 1. The summed E-state index contributed by atoms with van der Waals surface area (Å²) >= 11 is 3.40. The van der Waals surface area contributed by atoms with Crippen LogP contribution in [0.3, 0.4) is 0 Å². The molecule has 0 bridgehead atoms. The van der Waals surface area contributed by atoms with Crippen LogP contribution in [-0.4, -0.2) is 44.9 Å². The highest BCUT2D eigenvalue weighted by Gasteiger charge is 2.28. The highest BCUT2D eigenvalue weighted by Crippen LogP contribution is 2.22. The fourth-order valence-electron chi connectivity index (χ4n) is 2.88. The molecule has 0 radical (unpaired) electrons. The first-order valence-corrected chi connectivity index (χ1v) is 10.8. The van der Waals surface area contributed by atoms with Crippen LogP contribution >= 0.6 is 15.9 Å². The van der Waals surface area contributed by atoms with Crippen molar-refractivity contribution in [2.45, 2.75) is 18.4 Å². The van der Waals surface area contributed by atoms with E-state index in [9.17, 15) is 13.2 Å². The molecule has 2 aromatic carbocycles. The second-order valence-electron chi connectivity index (χ2n) is 6.31. The number of rotatable bonds is 5. The molecule has 1 aliphatic rings. The predicted octanol–water partition coefficient (Wildman–Crippen LogP) is 2.71. The molecule has 0 aromatic heterocycles. The van der Waals surface area contributed by atoms with E-state index in [1.165, 1.54) is 10.4 Å². The van der Waals surface area contributed by atoms with E-state index < -0.39 is 10.0 Å². The zero-order valence-electron chi connectivity index (χ0n) is 14.9. The van der Waals surface area contributed by atoms with Gasteiger partial charge >= 0.3 is 0 Å². The van der Waals surface area contributed by atoms with Crippen molar-refractivity contribution in [1.29, 1.82) is 0 Å². The van der Waals surface area contributed by atoms with Gasteiger partial charge in [-0.05, 0) is 42.3 Å². The fraction of sp³-hybridized carbons (Fsp3) is 0.316. The Morgan fingerprint density at radius 1 is 1.19 bits per heavy atom. The molecule has 1 aliphatic heterocycles. The lowest BCUT2D eigenvalue weighted by molar-refractivity contribution is 0.0730. The number of hydrogen-bond acceptors (Lipinski definition) is 4. The summed E-state index contributed by atoms with van der Waals surface area (Å²) < 4.78 is 33.4. The molecule has 1 heterocycles. The van der Waals surface area contributed by atoms with Crippen molar-refractivity contribution >= 4 is 31.9 Å². The number of amides is 1. The third-order valence-corrected chi connectivity index (χ3v) is 6.91. The number of carbonyl (C=O) groups is 1. The van der Waals surface area contributed by atoms with Gasteiger partial charge in [-0.3, -0.25) is 4.79 Å². The van der Waals surface area contributed by atoms with Crippen molar-refractivity contribution in [3.05, 3.63) is 63.6 Å². The van der Waals surface area contributed by atoms with Crippen molar-refractivity contribution in [3.8, 4) is 0 Å². The summed E-state index contributed by atoms with van der Waals surface area (Å²) in [4.78, 5) is 12.7. The van der Waals surface area contributed by atoms with Crippen LogP contribution in [0.2, 0.25) is 0 Å². The number of carbonyl (C=O) groups excluding carboxylic acids is 1. The third-order valence-electron chi connectivity index (χ3n) is 4.38. The predicted molar refractivity (Wildman–Crippen MR) is 106 cm³/mol. The molecule has 27 heavy (non-hydrogen) atoms. The maximum absolute atomic E-state index is 12.9. The average Bonchev–Trinajstić information content (AvgIpc) is 2.67. The summed E-state index contributed by atoms with van der Waals surface area (Å²) in [5.74, 6) is -0.312. The summed E-state index contributed by atoms with van der Waals surface area (Å²) in [6.45, 7) is 3.49. The van der Waals surface area contributed by atoms with Crippen LogP contribution in [0.5, 0.6) is 0 Å². The van der Waals surface area contributed by atoms with E-state index in [1.807, 2.05) is 24.3 Å². The number of halogens is 1. The molecule has 1 saturated heterocycles. The van der Waals surface area contributed by atoms with E-state index in [0.717, 1.165) is 10.0 Å². The first-order chi connectivity index (χ1) is 12.9. The van der Waals surface area contributed by atoms with Gasteiger partial charge in [0.05, 0.1) is 18.1 Å². The monoisotopic (exact) mass is 452 g/mol. The zero-order valence-corrected chi connectivity index (χ0v) is 17.3. The molecule has 3 rings (SSSR count). The minimum Gasteiger partial charge on any atom is -0.379 e. The van der Waals surface area contributed by atoms with Gasteiger partial charge in [0.2, 0.25) is 10.0 Å². The normalized spacial score (nSPS) is 15.5. The maximum atomic E-state index is 12.9. The van der Waals surface area contributed by atoms with Gasteiger partial charge in [0.1, 0.15) is 0 Å². The quantitative estimate of drug-likeness (QED) is 0.756. The Labute approximate surface area is 167 Å². The van der Waals surface area contributed by atoms with Gasteiger partial charge in [0.25, 0.3) is 5.91 Å². The van der Waals surface area contributed by atoms with Gasteiger partial charge in [-0.15, -0.1) is 0 Å². The third kappa shape index (κ3) is 4.76. The molecule has 8 heteroatoms. The van der Waals surface area contributed by atoms with Crippen LogP contribution in [0, 0.1) is 6.92 Å². The van der Waals surface area contributed by atoms with E-state index in [0.29, 0.717) is 44.0 Å². The van der Waals surface area contributed by atoms with Gasteiger partial charge in [0, 0.05) is 29.7 Å². The van der Waals surface area contributed by atoms with Gasteiger partial charge < -0.3 is 10.1 Å². The van der Waals surface area contributed by atoms with E-state index in [1.54, 1.807) is 19.1 Å². The highest BCUT2D eigenvalue weighted by atomic mass is 79.9. The minimum atomic E-state index is -3.65. The molecular weight excluding hydrogens is 432 g/mol. The topological polar surface area (TPSA) is 75.7 Å². The molecule has 144 valence electrons.